The van der Waals surface area contributed by atoms with Crippen molar-refractivity contribution in [2.45, 2.75) is 31.6 Å². The molecular weight excluding hydrogens is 266 g/mol. The van der Waals surface area contributed by atoms with Gasteiger partial charge in [0.1, 0.15) is 6.04 Å². The number of carboxylic acids is 1. The Bertz CT molecular complexity index is 582. The van der Waals surface area contributed by atoms with Crippen molar-refractivity contribution in [2.75, 3.05) is 6.54 Å². The van der Waals surface area contributed by atoms with Crippen LogP contribution in [0, 0.1) is 6.92 Å². The normalized spacial score (nSPS) is 20.6. The van der Waals surface area contributed by atoms with Crippen LogP contribution >= 0.6 is 0 Å². The van der Waals surface area contributed by atoms with E-state index in [0.717, 1.165) is 9.87 Å². The monoisotopic (exact) mass is 283 g/mol. The number of hydrogen-bond acceptors (Lipinski definition) is 3. The van der Waals surface area contributed by atoms with Crippen molar-refractivity contribution in [3.63, 3.8) is 0 Å². The van der Waals surface area contributed by atoms with Gasteiger partial charge in [0.05, 0.1) is 5.75 Å². The fraction of sp³-hybridized carbons (Fsp3) is 0.462. The van der Waals surface area contributed by atoms with Gasteiger partial charge in [-0.05, 0) is 25.3 Å². The maximum atomic E-state index is 12.3. The number of nitrogens with zero attached hydrogens (tertiary/aromatic N) is 1. The van der Waals surface area contributed by atoms with Gasteiger partial charge in [-0.2, -0.15) is 4.31 Å². The molecule has 0 unspecified atom stereocenters. The number of carboxylic acid groups (broad SMARTS) is 1. The number of carbonyl (C=O) groups is 1. The number of rotatable bonds is 4. The van der Waals surface area contributed by atoms with Crippen LogP contribution in [0.4, 0.5) is 0 Å². The summed E-state index contributed by atoms with van der Waals surface area (Å²) in [5.41, 5.74) is 1.68. The fourth-order valence-electron chi connectivity index (χ4n) is 2.42. The lowest BCUT2D eigenvalue weighted by atomic mass is 10.2. The highest BCUT2D eigenvalue weighted by Gasteiger charge is 2.38. The van der Waals surface area contributed by atoms with Gasteiger partial charge in [0.2, 0.25) is 10.0 Å². The molecular formula is C13H17NO4S. The van der Waals surface area contributed by atoms with E-state index >= 15 is 0 Å². The first-order chi connectivity index (χ1) is 8.90. The third kappa shape index (κ3) is 3.13. The molecule has 1 aromatic carbocycles. The Labute approximate surface area is 112 Å². The van der Waals surface area contributed by atoms with Gasteiger partial charge in [0.25, 0.3) is 0 Å². The van der Waals surface area contributed by atoms with Crippen LogP contribution in [0.1, 0.15) is 24.0 Å². The van der Waals surface area contributed by atoms with Crippen molar-refractivity contribution in [1.29, 1.82) is 0 Å². The Kier molecular flexibility index (Phi) is 3.91. The molecule has 1 fully saturated rings. The molecule has 1 aromatic rings. The molecule has 1 heterocycles. The minimum Gasteiger partial charge on any atom is -0.480 e. The summed E-state index contributed by atoms with van der Waals surface area (Å²) in [6, 6.07) is 6.35. The van der Waals surface area contributed by atoms with Crippen molar-refractivity contribution in [3.05, 3.63) is 35.4 Å². The highest BCUT2D eigenvalue weighted by atomic mass is 32.2. The van der Waals surface area contributed by atoms with E-state index in [0.29, 0.717) is 24.9 Å². The van der Waals surface area contributed by atoms with Crippen molar-refractivity contribution >= 4 is 16.0 Å². The number of hydrogen-bond donors (Lipinski definition) is 1. The highest BCUT2D eigenvalue weighted by molar-refractivity contribution is 7.88. The van der Waals surface area contributed by atoms with E-state index in [-0.39, 0.29) is 5.75 Å². The van der Waals surface area contributed by atoms with Crippen LogP contribution in [0.25, 0.3) is 0 Å². The van der Waals surface area contributed by atoms with Gasteiger partial charge < -0.3 is 5.11 Å². The van der Waals surface area contributed by atoms with E-state index in [1.807, 2.05) is 19.1 Å². The van der Waals surface area contributed by atoms with Crippen molar-refractivity contribution in [2.24, 2.45) is 0 Å². The summed E-state index contributed by atoms with van der Waals surface area (Å²) in [5, 5.41) is 9.05. The first kappa shape index (κ1) is 14.0. The molecule has 2 rings (SSSR count). The Hall–Kier alpha value is -1.40. The summed E-state index contributed by atoms with van der Waals surface area (Å²) in [7, 11) is -3.57. The topological polar surface area (TPSA) is 74.7 Å². The van der Waals surface area contributed by atoms with Gasteiger partial charge in [0, 0.05) is 6.54 Å². The van der Waals surface area contributed by atoms with Crippen LogP contribution in [0.5, 0.6) is 0 Å². The zero-order chi connectivity index (χ0) is 14.0. The molecule has 0 aromatic heterocycles. The van der Waals surface area contributed by atoms with E-state index in [4.69, 9.17) is 5.11 Å². The van der Waals surface area contributed by atoms with Gasteiger partial charge in [0.15, 0.2) is 0 Å². The highest BCUT2D eigenvalue weighted by Crippen LogP contribution is 2.23. The van der Waals surface area contributed by atoms with Crippen molar-refractivity contribution < 1.29 is 18.3 Å². The van der Waals surface area contributed by atoms with Crippen LogP contribution < -0.4 is 0 Å². The Morgan fingerprint density at radius 3 is 2.84 bits per heavy atom. The number of aliphatic carboxylic acids is 1. The van der Waals surface area contributed by atoms with E-state index in [1.165, 1.54) is 0 Å². The third-order valence-electron chi connectivity index (χ3n) is 3.28. The van der Waals surface area contributed by atoms with E-state index < -0.39 is 22.0 Å². The average molecular weight is 283 g/mol. The number of aryl methyl sites for hydroxylation is 1. The molecule has 104 valence electrons. The largest absolute Gasteiger partial charge is 0.480 e. The van der Waals surface area contributed by atoms with Crippen molar-refractivity contribution in [1.82, 2.24) is 4.31 Å². The molecule has 19 heavy (non-hydrogen) atoms. The zero-order valence-corrected chi connectivity index (χ0v) is 11.6. The molecule has 1 N–H and O–H groups in total. The van der Waals surface area contributed by atoms with Gasteiger partial charge in [-0.1, -0.05) is 29.8 Å². The summed E-state index contributed by atoms with van der Waals surface area (Å²) in [5.74, 6) is -1.20. The summed E-state index contributed by atoms with van der Waals surface area (Å²) in [6.45, 7) is 2.19. The fourth-order valence-corrected chi connectivity index (χ4v) is 4.17. The Morgan fingerprint density at radius 2 is 2.21 bits per heavy atom. The number of sulfonamides is 1. The molecule has 0 saturated carbocycles. The first-order valence-electron chi connectivity index (χ1n) is 6.18. The van der Waals surface area contributed by atoms with Crippen LogP contribution in [-0.4, -0.2) is 36.4 Å². The Balaban J connectivity index is 2.21. The second-order valence-electron chi connectivity index (χ2n) is 4.85. The van der Waals surface area contributed by atoms with Crippen molar-refractivity contribution in [3.8, 4) is 0 Å². The second-order valence-corrected chi connectivity index (χ2v) is 6.77. The van der Waals surface area contributed by atoms with Gasteiger partial charge >= 0.3 is 5.97 Å². The lowest BCUT2D eigenvalue weighted by molar-refractivity contribution is -0.140. The molecule has 0 radical (unpaired) electrons. The standard InChI is InChI=1S/C13H17NO4S/c1-10-4-2-5-11(8-10)9-19(17,18)14-7-3-6-12(14)13(15)16/h2,4-5,8,12H,3,6-7,9H2,1H3,(H,15,16)/t12-/m0/s1. The maximum Gasteiger partial charge on any atom is 0.322 e. The summed E-state index contributed by atoms with van der Waals surface area (Å²) in [6.07, 6.45) is 0.992. The van der Waals surface area contributed by atoms with Gasteiger partial charge in [-0.15, -0.1) is 0 Å². The summed E-state index contributed by atoms with van der Waals surface area (Å²) in [4.78, 5) is 11.1. The van der Waals surface area contributed by atoms with E-state index in [1.54, 1.807) is 12.1 Å². The Morgan fingerprint density at radius 1 is 1.47 bits per heavy atom. The molecule has 5 nitrogen and oxygen atoms in total. The molecule has 1 saturated heterocycles. The summed E-state index contributed by atoms with van der Waals surface area (Å²) < 4.78 is 25.7. The molecule has 0 amide bonds. The lowest BCUT2D eigenvalue weighted by Gasteiger charge is -2.21. The third-order valence-corrected chi connectivity index (χ3v) is 5.13. The number of benzene rings is 1. The SMILES string of the molecule is Cc1cccc(CS(=O)(=O)N2CCC[C@H]2C(=O)O)c1. The molecule has 6 heteroatoms. The first-order valence-corrected chi connectivity index (χ1v) is 7.79. The molecule has 1 aliphatic rings. The average Bonchev–Trinajstić information content (AvgIpc) is 2.77. The summed E-state index contributed by atoms with van der Waals surface area (Å²) >= 11 is 0. The predicted molar refractivity (Wildman–Crippen MR) is 71.2 cm³/mol. The lowest BCUT2D eigenvalue weighted by Crippen LogP contribution is -2.40. The van der Waals surface area contributed by atoms with E-state index in [9.17, 15) is 13.2 Å². The second kappa shape index (κ2) is 5.30. The van der Waals surface area contributed by atoms with Gasteiger partial charge in [-0.25, -0.2) is 8.42 Å². The molecule has 1 aliphatic heterocycles. The van der Waals surface area contributed by atoms with E-state index in [2.05, 4.69) is 0 Å². The zero-order valence-electron chi connectivity index (χ0n) is 10.7. The smallest absolute Gasteiger partial charge is 0.322 e. The predicted octanol–water partition coefficient (Wildman–Crippen LogP) is 1.37. The molecule has 0 bridgehead atoms. The maximum absolute atomic E-state index is 12.3. The minimum absolute atomic E-state index is 0.140. The van der Waals surface area contributed by atoms with Crippen LogP contribution in [0.15, 0.2) is 24.3 Å². The molecule has 0 spiro atoms. The van der Waals surface area contributed by atoms with Crippen LogP contribution in [0.2, 0.25) is 0 Å². The van der Waals surface area contributed by atoms with Crippen LogP contribution in [-0.2, 0) is 20.6 Å². The molecule has 1 atom stereocenters. The minimum atomic E-state index is -3.57. The van der Waals surface area contributed by atoms with Crippen LogP contribution in [0.3, 0.4) is 0 Å². The molecule has 0 aliphatic carbocycles. The van der Waals surface area contributed by atoms with Gasteiger partial charge in [-0.3, -0.25) is 4.79 Å². The quantitative estimate of drug-likeness (QED) is 0.905.